The van der Waals surface area contributed by atoms with Crippen molar-refractivity contribution >= 4 is 18.0 Å². The Kier molecular flexibility index (Phi) is 4.34. The molecule has 0 radical (unpaired) electrons. The highest BCUT2D eigenvalue weighted by Gasteiger charge is 2.18. The van der Waals surface area contributed by atoms with Gasteiger partial charge in [0.05, 0.1) is 0 Å². The van der Waals surface area contributed by atoms with E-state index in [0.717, 1.165) is 12.6 Å². The van der Waals surface area contributed by atoms with E-state index in [0.29, 0.717) is 17.0 Å². The second-order valence-corrected chi connectivity index (χ2v) is 4.80. The summed E-state index contributed by atoms with van der Waals surface area (Å²) in [5.74, 6) is -0.476. The molecule has 0 heterocycles. The van der Waals surface area contributed by atoms with Gasteiger partial charge in [0.25, 0.3) is 5.91 Å². The Labute approximate surface area is 112 Å². The van der Waals surface area contributed by atoms with Crippen LogP contribution < -0.4 is 5.32 Å². The summed E-state index contributed by atoms with van der Waals surface area (Å²) >= 11 is 0. The SMILES string of the molecule is O=C(O)/C=C/c1cccc(C(=O)NCC2CCC2)c1. The lowest BCUT2D eigenvalue weighted by molar-refractivity contribution is -0.131. The van der Waals surface area contributed by atoms with Crippen LogP contribution >= 0.6 is 0 Å². The monoisotopic (exact) mass is 259 g/mol. The van der Waals surface area contributed by atoms with Crippen molar-refractivity contribution in [3.8, 4) is 0 Å². The maximum Gasteiger partial charge on any atom is 0.328 e. The van der Waals surface area contributed by atoms with Gasteiger partial charge in [-0.15, -0.1) is 0 Å². The van der Waals surface area contributed by atoms with Gasteiger partial charge in [-0.3, -0.25) is 4.79 Å². The number of hydrogen-bond acceptors (Lipinski definition) is 2. The normalized spacial score (nSPS) is 15.2. The third-order valence-electron chi connectivity index (χ3n) is 3.34. The molecule has 0 unspecified atom stereocenters. The summed E-state index contributed by atoms with van der Waals surface area (Å²) in [6.07, 6.45) is 6.19. The van der Waals surface area contributed by atoms with Crippen molar-refractivity contribution in [1.82, 2.24) is 5.32 Å². The van der Waals surface area contributed by atoms with Crippen LogP contribution in [0.3, 0.4) is 0 Å². The van der Waals surface area contributed by atoms with E-state index in [1.807, 2.05) is 0 Å². The summed E-state index contributed by atoms with van der Waals surface area (Å²) in [4.78, 5) is 22.4. The molecule has 1 aliphatic carbocycles. The maximum atomic E-state index is 11.9. The molecule has 1 aromatic carbocycles. The number of benzene rings is 1. The van der Waals surface area contributed by atoms with E-state index in [-0.39, 0.29) is 5.91 Å². The quantitative estimate of drug-likeness (QED) is 0.797. The van der Waals surface area contributed by atoms with Crippen molar-refractivity contribution in [2.24, 2.45) is 5.92 Å². The van der Waals surface area contributed by atoms with Gasteiger partial charge in [0.15, 0.2) is 0 Å². The highest BCUT2D eigenvalue weighted by atomic mass is 16.4. The van der Waals surface area contributed by atoms with Crippen LogP contribution in [0.15, 0.2) is 30.3 Å². The Morgan fingerprint density at radius 2 is 2.16 bits per heavy atom. The molecule has 1 saturated carbocycles. The molecule has 1 aliphatic rings. The van der Waals surface area contributed by atoms with Gasteiger partial charge >= 0.3 is 5.97 Å². The molecule has 0 saturated heterocycles. The predicted octanol–water partition coefficient (Wildman–Crippen LogP) is 2.31. The van der Waals surface area contributed by atoms with Gasteiger partial charge in [-0.25, -0.2) is 4.79 Å². The topological polar surface area (TPSA) is 66.4 Å². The van der Waals surface area contributed by atoms with Crippen molar-refractivity contribution in [3.05, 3.63) is 41.5 Å². The van der Waals surface area contributed by atoms with E-state index in [9.17, 15) is 9.59 Å². The second-order valence-electron chi connectivity index (χ2n) is 4.80. The molecular formula is C15H17NO3. The largest absolute Gasteiger partial charge is 0.478 e. The molecule has 0 spiro atoms. The minimum atomic E-state index is -1.00. The summed E-state index contributed by atoms with van der Waals surface area (Å²) in [7, 11) is 0. The molecule has 0 aromatic heterocycles. The number of carbonyl (C=O) groups is 2. The summed E-state index contributed by atoms with van der Waals surface area (Å²) in [5, 5.41) is 11.5. The Hall–Kier alpha value is -2.10. The van der Waals surface area contributed by atoms with Crippen LogP contribution in [-0.2, 0) is 4.79 Å². The second kappa shape index (κ2) is 6.18. The zero-order valence-electron chi connectivity index (χ0n) is 10.6. The van der Waals surface area contributed by atoms with Crippen LogP contribution in [0.25, 0.3) is 6.08 Å². The molecule has 2 N–H and O–H groups in total. The van der Waals surface area contributed by atoms with Crippen LogP contribution in [0.1, 0.15) is 35.2 Å². The highest BCUT2D eigenvalue weighted by molar-refractivity contribution is 5.95. The molecule has 0 aliphatic heterocycles. The zero-order valence-corrected chi connectivity index (χ0v) is 10.6. The first-order valence-corrected chi connectivity index (χ1v) is 6.44. The minimum absolute atomic E-state index is 0.0996. The van der Waals surface area contributed by atoms with Crippen molar-refractivity contribution < 1.29 is 14.7 Å². The smallest absolute Gasteiger partial charge is 0.328 e. The average molecular weight is 259 g/mol. The van der Waals surface area contributed by atoms with Gasteiger partial charge in [-0.1, -0.05) is 18.6 Å². The van der Waals surface area contributed by atoms with Gasteiger partial charge in [0, 0.05) is 18.2 Å². The number of aliphatic carboxylic acids is 1. The number of carboxylic acids is 1. The third kappa shape index (κ3) is 3.95. The molecule has 0 bridgehead atoms. The van der Waals surface area contributed by atoms with Gasteiger partial charge in [-0.2, -0.15) is 0 Å². The first-order valence-electron chi connectivity index (χ1n) is 6.44. The van der Waals surface area contributed by atoms with Crippen LogP contribution in [0.4, 0.5) is 0 Å². The van der Waals surface area contributed by atoms with E-state index in [1.165, 1.54) is 25.3 Å². The van der Waals surface area contributed by atoms with E-state index in [4.69, 9.17) is 5.11 Å². The highest BCUT2D eigenvalue weighted by Crippen LogP contribution is 2.25. The Morgan fingerprint density at radius 1 is 1.37 bits per heavy atom. The molecule has 1 fully saturated rings. The van der Waals surface area contributed by atoms with Crippen LogP contribution in [0, 0.1) is 5.92 Å². The summed E-state index contributed by atoms with van der Waals surface area (Å²) in [6.45, 7) is 0.730. The first-order chi connectivity index (χ1) is 9.15. The van der Waals surface area contributed by atoms with Gasteiger partial charge < -0.3 is 10.4 Å². The van der Waals surface area contributed by atoms with Gasteiger partial charge in [0.1, 0.15) is 0 Å². The molecular weight excluding hydrogens is 242 g/mol. The number of rotatable bonds is 5. The molecule has 100 valence electrons. The van der Waals surface area contributed by atoms with E-state index in [2.05, 4.69) is 5.32 Å². The molecule has 4 nitrogen and oxygen atoms in total. The number of carbonyl (C=O) groups excluding carboxylic acids is 1. The number of nitrogens with one attached hydrogen (secondary N) is 1. The third-order valence-corrected chi connectivity index (χ3v) is 3.34. The van der Waals surface area contributed by atoms with E-state index in [1.54, 1.807) is 24.3 Å². The number of carboxylic acid groups (broad SMARTS) is 1. The lowest BCUT2D eigenvalue weighted by Gasteiger charge is -2.25. The fourth-order valence-corrected chi connectivity index (χ4v) is 1.99. The summed E-state index contributed by atoms with van der Waals surface area (Å²) in [6, 6.07) is 6.94. The van der Waals surface area contributed by atoms with Crippen molar-refractivity contribution in [2.45, 2.75) is 19.3 Å². The average Bonchev–Trinajstić information content (AvgIpc) is 2.34. The molecule has 19 heavy (non-hydrogen) atoms. The number of amides is 1. The maximum absolute atomic E-state index is 11.9. The summed E-state index contributed by atoms with van der Waals surface area (Å²) < 4.78 is 0. The standard InChI is InChI=1S/C15H17NO3/c17-14(18)8-7-11-3-2-6-13(9-11)15(19)16-10-12-4-1-5-12/h2-3,6-9,12H,1,4-5,10H2,(H,16,19)(H,17,18)/b8-7+. The molecule has 0 atom stereocenters. The van der Waals surface area contributed by atoms with E-state index < -0.39 is 5.97 Å². The van der Waals surface area contributed by atoms with Gasteiger partial charge in [0.2, 0.25) is 0 Å². The van der Waals surface area contributed by atoms with Crippen molar-refractivity contribution in [3.63, 3.8) is 0 Å². The lowest BCUT2D eigenvalue weighted by atomic mass is 9.85. The van der Waals surface area contributed by atoms with E-state index >= 15 is 0 Å². The number of hydrogen-bond donors (Lipinski definition) is 2. The molecule has 1 amide bonds. The van der Waals surface area contributed by atoms with Crippen LogP contribution in [0.2, 0.25) is 0 Å². The fourth-order valence-electron chi connectivity index (χ4n) is 1.99. The fraction of sp³-hybridized carbons (Fsp3) is 0.333. The molecule has 2 rings (SSSR count). The summed E-state index contributed by atoms with van der Waals surface area (Å²) in [5.41, 5.74) is 1.27. The first kappa shape index (κ1) is 13.3. The van der Waals surface area contributed by atoms with Crippen molar-refractivity contribution in [2.75, 3.05) is 6.54 Å². The van der Waals surface area contributed by atoms with Crippen LogP contribution in [0.5, 0.6) is 0 Å². The van der Waals surface area contributed by atoms with Crippen LogP contribution in [-0.4, -0.2) is 23.5 Å². The Morgan fingerprint density at radius 3 is 2.79 bits per heavy atom. The molecule has 1 aromatic rings. The Balaban J connectivity index is 1.96. The minimum Gasteiger partial charge on any atom is -0.478 e. The molecule has 4 heteroatoms. The van der Waals surface area contributed by atoms with Crippen molar-refractivity contribution in [1.29, 1.82) is 0 Å². The van der Waals surface area contributed by atoms with Gasteiger partial charge in [-0.05, 0) is 42.5 Å². The predicted molar refractivity (Wildman–Crippen MR) is 72.8 cm³/mol. The lowest BCUT2D eigenvalue weighted by Crippen LogP contribution is -2.32. The zero-order chi connectivity index (χ0) is 13.7. The Bertz CT molecular complexity index is 504.